The van der Waals surface area contributed by atoms with Crippen molar-refractivity contribution in [2.24, 2.45) is 0 Å². The van der Waals surface area contributed by atoms with E-state index < -0.39 is 17.5 Å². The number of benzene rings is 1. The fourth-order valence-corrected chi connectivity index (χ4v) is 2.10. The molecule has 0 fully saturated rings. The fraction of sp³-hybridized carbons (Fsp3) is 0. The number of hydrogen-bond donors (Lipinski definition) is 1. The summed E-state index contributed by atoms with van der Waals surface area (Å²) in [5.74, 6) is -1.62. The lowest BCUT2D eigenvalue weighted by Crippen LogP contribution is -2.28. The number of amides is 1. The molecule has 1 aromatic carbocycles. The number of nitrogens with one attached hydrogen (secondary N) is 1. The van der Waals surface area contributed by atoms with E-state index in [4.69, 9.17) is 8.83 Å². The smallest absolute Gasteiger partial charge is 0.255 e. The van der Waals surface area contributed by atoms with Crippen LogP contribution in [0.15, 0.2) is 87.7 Å². The van der Waals surface area contributed by atoms with Crippen LogP contribution in [0.5, 0.6) is 0 Å². The molecule has 2 aromatic heterocycles. The van der Waals surface area contributed by atoms with Gasteiger partial charge in [-0.25, -0.2) is 0 Å². The van der Waals surface area contributed by atoms with Crippen LogP contribution < -0.4 is 5.32 Å². The topological polar surface area (TPSA) is 89.5 Å². The van der Waals surface area contributed by atoms with Crippen LogP contribution in [-0.4, -0.2) is 17.5 Å². The summed E-state index contributed by atoms with van der Waals surface area (Å²) in [5, 5.41) is 2.46. The molecule has 2 heterocycles. The molecule has 0 bridgehead atoms. The van der Waals surface area contributed by atoms with Crippen molar-refractivity contribution in [1.29, 1.82) is 0 Å². The van der Waals surface area contributed by atoms with Crippen LogP contribution in [0.25, 0.3) is 0 Å². The standard InChI is InChI=1S/C19H13NO5/c21-15(16-8-4-10-24-16)12-14(18(22)17-9-5-11-25-17)20-19(23)13-6-2-1-3-7-13/h1-12H,(H,20,23)/b14-12-. The predicted molar refractivity (Wildman–Crippen MR) is 88.1 cm³/mol. The van der Waals surface area contributed by atoms with E-state index in [1.807, 2.05) is 0 Å². The van der Waals surface area contributed by atoms with Gasteiger partial charge in [0.05, 0.1) is 18.2 Å². The van der Waals surface area contributed by atoms with Gasteiger partial charge in [0.15, 0.2) is 11.5 Å². The largest absolute Gasteiger partial charge is 0.461 e. The Hall–Kier alpha value is -3.67. The third-order valence-electron chi connectivity index (χ3n) is 3.31. The molecule has 0 atom stereocenters. The van der Waals surface area contributed by atoms with Crippen molar-refractivity contribution in [2.45, 2.75) is 0 Å². The Morgan fingerprint density at radius 2 is 1.44 bits per heavy atom. The molecule has 3 aromatic rings. The van der Waals surface area contributed by atoms with Crippen LogP contribution in [0.1, 0.15) is 31.5 Å². The van der Waals surface area contributed by atoms with Gasteiger partial charge < -0.3 is 14.2 Å². The Morgan fingerprint density at radius 3 is 2.04 bits per heavy atom. The van der Waals surface area contributed by atoms with E-state index in [1.54, 1.807) is 36.4 Å². The molecule has 124 valence electrons. The summed E-state index contributed by atoms with van der Waals surface area (Å²) in [6.45, 7) is 0. The first-order chi connectivity index (χ1) is 12.1. The van der Waals surface area contributed by atoms with Crippen molar-refractivity contribution >= 4 is 17.5 Å². The number of carbonyl (C=O) groups is 3. The SMILES string of the molecule is O=C(N/C(=C\C(=O)c1ccco1)C(=O)c1ccco1)c1ccccc1. The van der Waals surface area contributed by atoms with Crippen molar-refractivity contribution in [2.75, 3.05) is 0 Å². The molecule has 3 rings (SSSR count). The highest BCUT2D eigenvalue weighted by molar-refractivity contribution is 6.15. The Bertz CT molecular complexity index is 906. The van der Waals surface area contributed by atoms with Crippen molar-refractivity contribution in [3.8, 4) is 0 Å². The molecule has 25 heavy (non-hydrogen) atoms. The molecule has 1 amide bonds. The summed E-state index contributed by atoms with van der Waals surface area (Å²) in [6.07, 6.45) is 3.69. The molecule has 0 aliphatic heterocycles. The zero-order valence-electron chi connectivity index (χ0n) is 13.0. The maximum atomic E-state index is 12.5. The molecular formula is C19H13NO5. The lowest BCUT2D eigenvalue weighted by atomic mass is 10.1. The van der Waals surface area contributed by atoms with E-state index in [0.717, 1.165) is 6.08 Å². The fourth-order valence-electron chi connectivity index (χ4n) is 2.10. The third-order valence-corrected chi connectivity index (χ3v) is 3.31. The lowest BCUT2D eigenvalue weighted by Gasteiger charge is -2.07. The highest BCUT2D eigenvalue weighted by Gasteiger charge is 2.20. The summed E-state index contributed by atoms with van der Waals surface area (Å²) < 4.78 is 10.1. The second-order valence-electron chi connectivity index (χ2n) is 5.03. The highest BCUT2D eigenvalue weighted by Crippen LogP contribution is 2.11. The molecule has 0 saturated heterocycles. The molecule has 0 aliphatic carbocycles. The summed E-state index contributed by atoms with van der Waals surface area (Å²) in [5.41, 5.74) is 0.149. The number of ketones is 2. The van der Waals surface area contributed by atoms with Gasteiger partial charge in [-0.3, -0.25) is 14.4 Å². The Labute approximate surface area is 142 Å². The first-order valence-corrected chi connectivity index (χ1v) is 7.39. The van der Waals surface area contributed by atoms with Gasteiger partial charge in [-0.15, -0.1) is 0 Å². The van der Waals surface area contributed by atoms with E-state index in [-0.39, 0.29) is 17.2 Å². The molecule has 0 saturated carbocycles. The molecule has 0 aliphatic rings. The van der Waals surface area contributed by atoms with Gasteiger partial charge in [-0.1, -0.05) is 18.2 Å². The maximum Gasteiger partial charge on any atom is 0.255 e. The Balaban J connectivity index is 1.90. The summed E-state index contributed by atoms with van der Waals surface area (Å²) in [4.78, 5) is 37.0. The van der Waals surface area contributed by atoms with Gasteiger partial charge in [0.1, 0.15) is 0 Å². The van der Waals surface area contributed by atoms with Crippen LogP contribution in [0.4, 0.5) is 0 Å². The number of Topliss-reactive ketones (excluding diaryl/α,β-unsaturated/α-hetero) is 1. The van der Waals surface area contributed by atoms with Crippen molar-refractivity contribution in [3.05, 3.63) is 96.0 Å². The van der Waals surface area contributed by atoms with E-state index >= 15 is 0 Å². The number of carbonyl (C=O) groups excluding carboxylic acids is 3. The Morgan fingerprint density at radius 1 is 0.800 bits per heavy atom. The van der Waals surface area contributed by atoms with Gasteiger partial charge in [-0.05, 0) is 36.4 Å². The van der Waals surface area contributed by atoms with E-state index in [2.05, 4.69) is 5.32 Å². The van der Waals surface area contributed by atoms with Gasteiger partial charge in [0, 0.05) is 11.6 Å². The second-order valence-corrected chi connectivity index (χ2v) is 5.03. The molecule has 0 radical (unpaired) electrons. The Kier molecular flexibility index (Phi) is 4.71. The number of allylic oxidation sites excluding steroid dienone is 2. The molecule has 6 nitrogen and oxygen atoms in total. The average Bonchev–Trinajstić information content (AvgIpc) is 3.34. The zero-order chi connectivity index (χ0) is 17.6. The van der Waals surface area contributed by atoms with E-state index in [0.29, 0.717) is 5.56 Å². The molecular weight excluding hydrogens is 322 g/mol. The molecule has 0 unspecified atom stereocenters. The van der Waals surface area contributed by atoms with Gasteiger partial charge in [0.25, 0.3) is 5.91 Å². The first kappa shape index (κ1) is 16.2. The highest BCUT2D eigenvalue weighted by atomic mass is 16.3. The van der Waals surface area contributed by atoms with Gasteiger partial charge in [0.2, 0.25) is 11.6 Å². The monoisotopic (exact) mass is 335 g/mol. The molecule has 1 N–H and O–H groups in total. The van der Waals surface area contributed by atoms with E-state index in [1.165, 1.54) is 30.7 Å². The minimum Gasteiger partial charge on any atom is -0.461 e. The lowest BCUT2D eigenvalue weighted by molar-refractivity contribution is 0.0921. The number of furan rings is 2. The van der Waals surface area contributed by atoms with Crippen LogP contribution >= 0.6 is 0 Å². The minimum absolute atomic E-state index is 0.00635. The second kappa shape index (κ2) is 7.27. The average molecular weight is 335 g/mol. The molecule has 6 heteroatoms. The van der Waals surface area contributed by atoms with Crippen LogP contribution in [0, 0.1) is 0 Å². The number of rotatable bonds is 6. The normalized spacial score (nSPS) is 11.1. The van der Waals surface area contributed by atoms with Crippen LogP contribution in [-0.2, 0) is 0 Å². The summed E-state index contributed by atoms with van der Waals surface area (Å²) in [6, 6.07) is 14.4. The van der Waals surface area contributed by atoms with Crippen molar-refractivity contribution in [3.63, 3.8) is 0 Å². The minimum atomic E-state index is -0.616. The van der Waals surface area contributed by atoms with Crippen LogP contribution in [0.3, 0.4) is 0 Å². The van der Waals surface area contributed by atoms with Crippen LogP contribution in [0.2, 0.25) is 0 Å². The summed E-state index contributed by atoms with van der Waals surface area (Å²) >= 11 is 0. The van der Waals surface area contributed by atoms with Gasteiger partial charge >= 0.3 is 0 Å². The predicted octanol–water partition coefficient (Wildman–Crippen LogP) is 3.25. The van der Waals surface area contributed by atoms with Crippen molar-refractivity contribution in [1.82, 2.24) is 5.32 Å². The molecule has 0 spiro atoms. The zero-order valence-corrected chi connectivity index (χ0v) is 13.0. The third kappa shape index (κ3) is 3.81. The first-order valence-electron chi connectivity index (χ1n) is 7.39. The van der Waals surface area contributed by atoms with Gasteiger partial charge in [-0.2, -0.15) is 0 Å². The summed E-state index contributed by atoms with van der Waals surface area (Å²) in [7, 11) is 0. The van der Waals surface area contributed by atoms with E-state index in [9.17, 15) is 14.4 Å². The maximum absolute atomic E-state index is 12.5. The quantitative estimate of drug-likeness (QED) is 0.552. The number of hydrogen-bond acceptors (Lipinski definition) is 5. The van der Waals surface area contributed by atoms with Crippen molar-refractivity contribution < 1.29 is 23.2 Å².